The van der Waals surface area contributed by atoms with Crippen molar-refractivity contribution in [1.82, 2.24) is 35.7 Å². The van der Waals surface area contributed by atoms with Gasteiger partial charge in [-0.1, -0.05) is 54.6 Å². The number of rotatable bonds is 12. The number of H-pyrrole nitrogens is 1. The van der Waals surface area contributed by atoms with Crippen LogP contribution in [0.15, 0.2) is 107 Å². The van der Waals surface area contributed by atoms with E-state index in [9.17, 15) is 19.6 Å². The molecular weight excluding hydrogens is 726 g/mol. The third kappa shape index (κ3) is 8.29. The first-order valence-corrected chi connectivity index (χ1v) is 19.6. The van der Waals surface area contributed by atoms with Crippen LogP contribution in [0.3, 0.4) is 0 Å². The minimum atomic E-state index is -1.33. The number of nitrogens with one attached hydrogen (secondary N) is 3. The van der Waals surface area contributed by atoms with Crippen molar-refractivity contribution in [3.05, 3.63) is 124 Å². The third-order valence-corrected chi connectivity index (χ3v) is 11.7. The highest BCUT2D eigenvalue weighted by Gasteiger charge is 2.50. The molecule has 5 unspecified atom stereocenters. The van der Waals surface area contributed by atoms with E-state index in [1.807, 2.05) is 60.8 Å². The number of aliphatic imine (C=N–C) groups is 1. The van der Waals surface area contributed by atoms with E-state index < -0.39 is 35.9 Å². The molecule has 14 heteroatoms. The van der Waals surface area contributed by atoms with Gasteiger partial charge in [-0.05, 0) is 86.2 Å². The summed E-state index contributed by atoms with van der Waals surface area (Å²) in [7, 11) is 0. The third-order valence-electron chi connectivity index (χ3n) is 11.7. The molecule has 13 nitrogen and oxygen atoms in total. The number of amides is 2. The molecule has 57 heavy (non-hydrogen) atoms. The van der Waals surface area contributed by atoms with Crippen LogP contribution >= 0.6 is 0 Å². The molecule has 0 bridgehead atoms. The Hall–Kier alpha value is -5.59. The number of carbonyl (C=O) groups excluding carboxylic acids is 2. The maximum Gasteiger partial charge on any atom is 0.268 e. The zero-order chi connectivity index (χ0) is 39.4. The van der Waals surface area contributed by atoms with Gasteiger partial charge in [0.1, 0.15) is 5.66 Å². The van der Waals surface area contributed by atoms with Gasteiger partial charge < -0.3 is 4.90 Å². The number of allylic oxidation sites excluding steroid dienone is 3. The number of alkyl halides is 1. The van der Waals surface area contributed by atoms with Gasteiger partial charge in [0.25, 0.3) is 5.56 Å². The number of hydrogen-bond acceptors (Lipinski definition) is 11. The lowest BCUT2D eigenvalue weighted by Gasteiger charge is -2.54. The average molecular weight is 772 g/mol. The molecule has 1 aromatic heterocycles. The smallest absolute Gasteiger partial charge is 0.268 e. The maximum absolute atomic E-state index is 15.6. The van der Waals surface area contributed by atoms with Gasteiger partial charge >= 0.3 is 0 Å². The van der Waals surface area contributed by atoms with Crippen LogP contribution in [0, 0.1) is 23.2 Å². The fourth-order valence-electron chi connectivity index (χ4n) is 8.58. The lowest BCUT2D eigenvalue weighted by atomic mass is 9.86. The molecule has 2 aromatic carbocycles. The van der Waals surface area contributed by atoms with Crippen LogP contribution < -0.4 is 16.2 Å². The fraction of sp³-hybridized carbons (Fsp3) is 0.395. The number of aromatic nitrogens is 2. The van der Waals surface area contributed by atoms with Crippen molar-refractivity contribution in [2.75, 3.05) is 39.3 Å². The van der Waals surface area contributed by atoms with E-state index in [2.05, 4.69) is 36.7 Å². The highest BCUT2D eigenvalue weighted by atomic mass is 19.1. The topological polar surface area (TPSA) is 159 Å². The number of aromatic amines is 1. The molecule has 294 valence electrons. The van der Waals surface area contributed by atoms with Crippen LogP contribution in [-0.2, 0) is 14.4 Å². The SMILES string of the molecule is N#Cc1cccc(-c2cc(C(c3ccccc3)C3N=CC=CN3OCC3CCN(CC4CN(C5(NC6CCC(=O)NC6=O)C=CC=CC5F)C4)CC3)c(=O)[nH]n2)c1. The fourth-order valence-corrected chi connectivity index (χ4v) is 8.58. The highest BCUT2D eigenvalue weighted by Crippen LogP contribution is 2.36. The summed E-state index contributed by atoms with van der Waals surface area (Å²) in [5.41, 5.74) is 1.70. The number of likely N-dealkylation sites (tertiary alicyclic amines) is 2. The second-order valence-corrected chi connectivity index (χ2v) is 15.5. The monoisotopic (exact) mass is 771 g/mol. The normalized spacial score (nSPS) is 26.2. The predicted octanol–water partition coefficient (Wildman–Crippen LogP) is 3.80. The largest absolute Gasteiger partial charge is 0.303 e. The molecule has 5 atom stereocenters. The lowest BCUT2D eigenvalue weighted by molar-refractivity contribution is -0.165. The van der Waals surface area contributed by atoms with Gasteiger partial charge in [0.15, 0.2) is 12.3 Å². The summed E-state index contributed by atoms with van der Waals surface area (Å²) in [6, 6.07) is 20.2. The molecule has 1 aliphatic carbocycles. The first-order valence-electron chi connectivity index (χ1n) is 19.6. The van der Waals surface area contributed by atoms with Crippen molar-refractivity contribution < 1.29 is 18.8 Å². The van der Waals surface area contributed by atoms with Crippen molar-refractivity contribution in [3.63, 3.8) is 0 Å². The highest BCUT2D eigenvalue weighted by molar-refractivity contribution is 6.00. The van der Waals surface area contributed by atoms with Crippen molar-refractivity contribution in [2.45, 2.75) is 55.6 Å². The molecule has 0 spiro atoms. The van der Waals surface area contributed by atoms with Crippen LogP contribution in [0.25, 0.3) is 11.3 Å². The summed E-state index contributed by atoms with van der Waals surface area (Å²) in [6.45, 7) is 4.63. The van der Waals surface area contributed by atoms with Gasteiger partial charge in [0.05, 0.1) is 35.9 Å². The Balaban J connectivity index is 0.882. The quantitative estimate of drug-likeness (QED) is 0.232. The van der Waals surface area contributed by atoms with E-state index in [0.717, 1.165) is 43.6 Å². The number of hydroxylamine groups is 2. The van der Waals surface area contributed by atoms with Gasteiger partial charge in [-0.25, -0.2) is 14.6 Å². The molecule has 8 rings (SSSR count). The predicted molar refractivity (Wildman–Crippen MR) is 212 cm³/mol. The van der Waals surface area contributed by atoms with E-state index in [1.54, 1.807) is 41.6 Å². The Kier molecular flexibility index (Phi) is 11.3. The van der Waals surface area contributed by atoms with Gasteiger partial charge in [0.2, 0.25) is 11.8 Å². The number of imide groups is 1. The summed E-state index contributed by atoms with van der Waals surface area (Å²) in [5.74, 6) is -0.505. The number of nitrogens with zero attached hydrogens (tertiary/aromatic N) is 6. The second kappa shape index (κ2) is 16.9. The van der Waals surface area contributed by atoms with Crippen LogP contribution in [-0.4, -0.2) is 106 Å². The average Bonchev–Trinajstić information content (AvgIpc) is 3.22. The number of nitriles is 1. The summed E-state index contributed by atoms with van der Waals surface area (Å²) in [4.78, 5) is 53.7. The molecule has 3 saturated heterocycles. The molecule has 0 radical (unpaired) electrons. The molecule has 5 aliphatic rings. The van der Waals surface area contributed by atoms with Crippen LogP contribution in [0.1, 0.15) is 48.3 Å². The first-order chi connectivity index (χ1) is 27.8. The molecule has 4 aliphatic heterocycles. The lowest BCUT2D eigenvalue weighted by Crippen LogP contribution is -2.73. The summed E-state index contributed by atoms with van der Waals surface area (Å²) in [5, 5.41) is 23.9. The Morgan fingerprint density at radius 2 is 1.82 bits per heavy atom. The standard InChI is InChI=1S/C43H46FN9O4/c44-37-12-4-5-17-43(37,48-35-13-14-38(54)47-42(35)56)52-26-31(27-52)25-51-20-15-29(16-21-51)28-57-53-19-7-18-46-40(53)39(32-9-2-1-3-10-32)34-23-36(49-50-41(34)55)33-11-6-8-30(22-33)24-45/h1-12,17-19,22-23,29,31,35,37,39-40,48H,13-16,20-21,25-28H2,(H,50,55)(H,47,54,56). The van der Waals surface area contributed by atoms with Gasteiger partial charge in [-0.3, -0.25) is 39.7 Å². The molecule has 0 saturated carbocycles. The number of halogens is 1. The number of carbonyl (C=O) groups is 2. The zero-order valence-corrected chi connectivity index (χ0v) is 31.5. The first kappa shape index (κ1) is 38.3. The van der Waals surface area contributed by atoms with E-state index in [4.69, 9.17) is 9.83 Å². The summed E-state index contributed by atoms with van der Waals surface area (Å²) in [6.07, 6.45) is 12.8. The van der Waals surface area contributed by atoms with Gasteiger partial charge in [-0.2, -0.15) is 10.4 Å². The molecule has 5 heterocycles. The number of hydrogen-bond donors (Lipinski definition) is 3. The maximum atomic E-state index is 15.6. The minimum absolute atomic E-state index is 0.228. The zero-order valence-electron chi connectivity index (χ0n) is 31.5. The van der Waals surface area contributed by atoms with E-state index in [0.29, 0.717) is 54.8 Å². The van der Waals surface area contributed by atoms with Crippen LogP contribution in [0.2, 0.25) is 0 Å². The number of piperidine rings is 2. The molecule has 3 N–H and O–H groups in total. The Morgan fingerprint density at radius 3 is 2.60 bits per heavy atom. The van der Waals surface area contributed by atoms with E-state index >= 15 is 4.39 Å². The summed E-state index contributed by atoms with van der Waals surface area (Å²) >= 11 is 0. The molecule has 3 aromatic rings. The van der Waals surface area contributed by atoms with E-state index in [1.165, 1.54) is 6.08 Å². The van der Waals surface area contributed by atoms with Crippen molar-refractivity contribution >= 4 is 18.0 Å². The van der Waals surface area contributed by atoms with Gasteiger partial charge in [0, 0.05) is 49.6 Å². The van der Waals surface area contributed by atoms with Crippen molar-refractivity contribution in [2.24, 2.45) is 16.8 Å². The van der Waals surface area contributed by atoms with Crippen LogP contribution in [0.4, 0.5) is 4.39 Å². The molecule has 2 amide bonds. The van der Waals surface area contributed by atoms with Crippen molar-refractivity contribution in [3.8, 4) is 17.3 Å². The van der Waals surface area contributed by atoms with Gasteiger partial charge in [-0.15, -0.1) is 0 Å². The Morgan fingerprint density at radius 1 is 1.00 bits per heavy atom. The Bertz CT molecular complexity index is 2170. The van der Waals surface area contributed by atoms with Crippen molar-refractivity contribution in [1.29, 1.82) is 5.26 Å². The van der Waals surface area contributed by atoms with E-state index in [-0.39, 0.29) is 17.9 Å². The molecule has 3 fully saturated rings. The Labute approximate surface area is 330 Å². The minimum Gasteiger partial charge on any atom is -0.303 e. The second-order valence-electron chi connectivity index (χ2n) is 15.5. The summed E-state index contributed by atoms with van der Waals surface area (Å²) < 4.78 is 15.6. The molecular formula is C43H46FN9O4. The number of benzene rings is 2. The van der Waals surface area contributed by atoms with Crippen LogP contribution in [0.5, 0.6) is 0 Å².